The number of furan rings is 1. The Bertz CT molecular complexity index is 1480. The van der Waals surface area contributed by atoms with Gasteiger partial charge in [0.15, 0.2) is 0 Å². The van der Waals surface area contributed by atoms with Gasteiger partial charge in [-0.2, -0.15) is 0 Å². The lowest BCUT2D eigenvalue weighted by Gasteiger charge is -2.15. The molecule has 0 fully saturated rings. The van der Waals surface area contributed by atoms with E-state index >= 15 is 0 Å². The summed E-state index contributed by atoms with van der Waals surface area (Å²) in [6, 6.07) is 16.2. The van der Waals surface area contributed by atoms with Gasteiger partial charge in [0.25, 0.3) is 0 Å². The van der Waals surface area contributed by atoms with Crippen molar-refractivity contribution >= 4 is 34.1 Å². The van der Waals surface area contributed by atoms with Crippen LogP contribution >= 0.6 is 0 Å². The van der Waals surface area contributed by atoms with Gasteiger partial charge in [-0.3, -0.25) is 4.79 Å². The summed E-state index contributed by atoms with van der Waals surface area (Å²) in [5, 5.41) is 3.73. The standard InChI is InChI=1S/C30H29NO6/c1-6-36-28-19(3)29-24(25(17-37-29)22-9-7-8-10-26(22)34-4)16-23(28)18(2)15-27(32)31-21-13-11-20(12-14-21)30(33)35-5/h7-17H,6H2,1-5H3,(H,31,32)/b18-15+. The van der Waals surface area contributed by atoms with Gasteiger partial charge in [-0.25, -0.2) is 4.79 Å². The van der Waals surface area contributed by atoms with Crippen LogP contribution in [0.1, 0.15) is 35.3 Å². The predicted molar refractivity (Wildman–Crippen MR) is 144 cm³/mol. The van der Waals surface area contributed by atoms with Crippen LogP contribution in [0.3, 0.4) is 0 Å². The number of fused-ring (bicyclic) bond motifs is 1. The van der Waals surface area contributed by atoms with Crippen LogP contribution in [0.2, 0.25) is 0 Å². The Morgan fingerprint density at radius 2 is 1.76 bits per heavy atom. The van der Waals surface area contributed by atoms with E-state index in [1.165, 1.54) is 13.2 Å². The zero-order chi connectivity index (χ0) is 26.5. The molecule has 1 amide bonds. The first-order valence-corrected chi connectivity index (χ1v) is 11.9. The quantitative estimate of drug-likeness (QED) is 0.216. The number of benzene rings is 3. The number of rotatable bonds is 8. The molecular weight excluding hydrogens is 470 g/mol. The zero-order valence-electron chi connectivity index (χ0n) is 21.5. The lowest BCUT2D eigenvalue weighted by molar-refractivity contribution is -0.111. The van der Waals surface area contributed by atoms with Gasteiger partial charge in [-0.1, -0.05) is 18.2 Å². The number of para-hydroxylation sites is 1. The van der Waals surface area contributed by atoms with Crippen LogP contribution in [0, 0.1) is 6.92 Å². The van der Waals surface area contributed by atoms with E-state index in [2.05, 4.69) is 5.32 Å². The Balaban J connectivity index is 1.72. The summed E-state index contributed by atoms with van der Waals surface area (Å²) < 4.78 is 22.3. The molecular formula is C30H29NO6. The van der Waals surface area contributed by atoms with Crippen LogP contribution in [-0.2, 0) is 9.53 Å². The first kappa shape index (κ1) is 25.6. The van der Waals surface area contributed by atoms with Gasteiger partial charge in [0.1, 0.15) is 17.1 Å². The number of nitrogens with one attached hydrogen (secondary N) is 1. The van der Waals surface area contributed by atoms with E-state index in [-0.39, 0.29) is 5.91 Å². The van der Waals surface area contributed by atoms with Crippen molar-refractivity contribution in [3.63, 3.8) is 0 Å². The molecule has 1 aromatic heterocycles. The summed E-state index contributed by atoms with van der Waals surface area (Å²) in [4.78, 5) is 24.5. The van der Waals surface area contributed by atoms with Gasteiger partial charge in [0.2, 0.25) is 5.91 Å². The van der Waals surface area contributed by atoms with Gasteiger partial charge in [0, 0.05) is 39.4 Å². The van der Waals surface area contributed by atoms with Crippen LogP contribution in [0.25, 0.3) is 27.7 Å². The summed E-state index contributed by atoms with van der Waals surface area (Å²) in [5.74, 6) is 0.665. The fraction of sp³-hybridized carbons (Fsp3) is 0.200. The summed E-state index contributed by atoms with van der Waals surface area (Å²) in [6.45, 7) is 6.19. The number of ether oxygens (including phenoxy) is 3. The minimum atomic E-state index is -0.436. The molecule has 1 N–H and O–H groups in total. The first-order valence-electron chi connectivity index (χ1n) is 11.9. The highest BCUT2D eigenvalue weighted by Gasteiger charge is 2.20. The summed E-state index contributed by atoms with van der Waals surface area (Å²) >= 11 is 0. The number of hydrogen-bond acceptors (Lipinski definition) is 6. The number of allylic oxidation sites excluding steroid dienone is 1. The molecule has 4 aromatic rings. The number of esters is 1. The first-order chi connectivity index (χ1) is 17.9. The molecule has 37 heavy (non-hydrogen) atoms. The molecule has 0 aliphatic heterocycles. The van der Waals surface area contributed by atoms with Crippen LogP contribution < -0.4 is 14.8 Å². The number of methoxy groups -OCH3 is 2. The minimum absolute atomic E-state index is 0.305. The maximum Gasteiger partial charge on any atom is 0.337 e. The van der Waals surface area contributed by atoms with Gasteiger partial charge in [-0.15, -0.1) is 0 Å². The maximum absolute atomic E-state index is 12.9. The zero-order valence-corrected chi connectivity index (χ0v) is 21.5. The molecule has 0 spiro atoms. The molecule has 7 heteroatoms. The molecule has 0 saturated heterocycles. The van der Waals surface area contributed by atoms with E-state index in [0.717, 1.165) is 44.5 Å². The highest BCUT2D eigenvalue weighted by atomic mass is 16.5. The molecule has 0 unspecified atom stereocenters. The summed E-state index contributed by atoms with van der Waals surface area (Å²) in [7, 11) is 2.96. The smallest absolute Gasteiger partial charge is 0.337 e. The van der Waals surface area contributed by atoms with Crippen molar-refractivity contribution in [1.82, 2.24) is 0 Å². The largest absolute Gasteiger partial charge is 0.496 e. The van der Waals surface area contributed by atoms with E-state index in [1.807, 2.05) is 51.1 Å². The normalized spacial score (nSPS) is 11.3. The fourth-order valence-corrected chi connectivity index (χ4v) is 4.28. The van der Waals surface area contributed by atoms with Gasteiger partial charge >= 0.3 is 5.97 Å². The van der Waals surface area contributed by atoms with E-state index in [1.54, 1.807) is 37.6 Å². The van der Waals surface area contributed by atoms with E-state index < -0.39 is 5.97 Å². The highest BCUT2D eigenvalue weighted by Crippen LogP contribution is 2.42. The third kappa shape index (κ3) is 5.21. The molecule has 1 heterocycles. The van der Waals surface area contributed by atoms with Crippen LogP contribution in [0.5, 0.6) is 11.5 Å². The molecule has 0 atom stereocenters. The number of amides is 1. The molecule has 0 aliphatic rings. The van der Waals surface area contributed by atoms with Crippen molar-refractivity contribution in [3.8, 4) is 22.6 Å². The Morgan fingerprint density at radius 1 is 1.03 bits per heavy atom. The molecule has 3 aromatic carbocycles. The summed E-state index contributed by atoms with van der Waals surface area (Å²) in [5.41, 5.74) is 5.86. The van der Waals surface area contributed by atoms with Crippen molar-refractivity contribution in [1.29, 1.82) is 0 Å². The van der Waals surface area contributed by atoms with Crippen LogP contribution in [0.15, 0.2) is 71.4 Å². The van der Waals surface area contributed by atoms with Crippen molar-refractivity contribution in [2.24, 2.45) is 0 Å². The molecule has 0 bridgehead atoms. The van der Waals surface area contributed by atoms with Crippen molar-refractivity contribution in [3.05, 3.63) is 83.6 Å². The molecule has 4 rings (SSSR count). The SMILES string of the molecule is CCOc1c(/C(C)=C/C(=O)Nc2ccc(C(=O)OC)cc2)cc2c(-c3ccccc3OC)coc2c1C. The van der Waals surface area contributed by atoms with Gasteiger partial charge in [0.05, 0.1) is 32.7 Å². The highest BCUT2D eigenvalue weighted by molar-refractivity contribution is 6.06. The average Bonchev–Trinajstić information content (AvgIpc) is 3.34. The Labute approximate surface area is 215 Å². The van der Waals surface area contributed by atoms with E-state index in [9.17, 15) is 9.59 Å². The molecule has 7 nitrogen and oxygen atoms in total. The second-order valence-electron chi connectivity index (χ2n) is 8.42. The molecule has 0 aliphatic carbocycles. The minimum Gasteiger partial charge on any atom is -0.496 e. The number of carbonyl (C=O) groups is 2. The lowest BCUT2D eigenvalue weighted by Crippen LogP contribution is -2.09. The monoisotopic (exact) mass is 499 g/mol. The molecule has 0 saturated carbocycles. The van der Waals surface area contributed by atoms with E-state index in [4.69, 9.17) is 18.6 Å². The number of anilines is 1. The Morgan fingerprint density at radius 3 is 2.43 bits per heavy atom. The topological polar surface area (TPSA) is 87.0 Å². The average molecular weight is 500 g/mol. The van der Waals surface area contributed by atoms with Gasteiger partial charge in [-0.05, 0) is 62.7 Å². The second kappa shape index (κ2) is 11.0. The predicted octanol–water partition coefficient (Wildman–Crippen LogP) is 6.64. The number of hydrogen-bond donors (Lipinski definition) is 1. The van der Waals surface area contributed by atoms with Crippen molar-refractivity contribution in [2.45, 2.75) is 20.8 Å². The molecule has 190 valence electrons. The van der Waals surface area contributed by atoms with Crippen molar-refractivity contribution < 1.29 is 28.2 Å². The van der Waals surface area contributed by atoms with Crippen molar-refractivity contribution in [2.75, 3.05) is 26.1 Å². The lowest BCUT2D eigenvalue weighted by atomic mass is 9.96. The van der Waals surface area contributed by atoms with Crippen LogP contribution in [-0.4, -0.2) is 32.7 Å². The second-order valence-corrected chi connectivity index (χ2v) is 8.42. The Kier molecular flexibility index (Phi) is 7.63. The van der Waals surface area contributed by atoms with Crippen LogP contribution in [0.4, 0.5) is 5.69 Å². The third-order valence-electron chi connectivity index (χ3n) is 6.08. The fourth-order valence-electron chi connectivity index (χ4n) is 4.28. The Hall–Kier alpha value is -4.52. The third-order valence-corrected chi connectivity index (χ3v) is 6.08. The number of aryl methyl sites for hydroxylation is 1. The summed E-state index contributed by atoms with van der Waals surface area (Å²) in [6.07, 6.45) is 3.25. The maximum atomic E-state index is 12.9. The number of carbonyl (C=O) groups excluding carboxylic acids is 2. The van der Waals surface area contributed by atoms with Gasteiger partial charge < -0.3 is 23.9 Å². The molecule has 0 radical (unpaired) electrons. The van der Waals surface area contributed by atoms with E-state index in [0.29, 0.717) is 23.6 Å².